The summed E-state index contributed by atoms with van der Waals surface area (Å²) in [6.45, 7) is 9.40. The summed E-state index contributed by atoms with van der Waals surface area (Å²) in [6.07, 6.45) is 4.32. The Morgan fingerprint density at radius 3 is 2.38 bits per heavy atom. The first-order valence-corrected chi connectivity index (χ1v) is 7.37. The van der Waals surface area contributed by atoms with Crippen LogP contribution in [0.5, 0.6) is 0 Å². The van der Waals surface area contributed by atoms with Crippen LogP contribution in [0.2, 0.25) is 0 Å². The molecule has 114 valence electrons. The fraction of sp³-hybridized carbons (Fsp3) is 0.588. The number of ketones is 1. The third-order valence-electron chi connectivity index (χ3n) is 4.41. The van der Waals surface area contributed by atoms with Crippen molar-refractivity contribution in [2.24, 2.45) is 10.8 Å². The van der Waals surface area contributed by atoms with E-state index in [4.69, 9.17) is 0 Å². The summed E-state index contributed by atoms with van der Waals surface area (Å²) in [5, 5.41) is 2.95. The smallest absolute Gasteiger partial charge is 0.227 e. The van der Waals surface area contributed by atoms with Gasteiger partial charge in [0, 0.05) is 12.4 Å². The number of amides is 1. The lowest BCUT2D eigenvalue weighted by atomic mass is 9.84. The highest BCUT2D eigenvalue weighted by Gasteiger charge is 2.57. The first kappa shape index (κ1) is 15.7. The molecular formula is C17H24N2O2. The van der Waals surface area contributed by atoms with Crippen molar-refractivity contribution in [2.45, 2.75) is 53.0 Å². The van der Waals surface area contributed by atoms with E-state index in [9.17, 15) is 9.59 Å². The number of carbonyl (C=O) groups excluding carboxylic acids is 2. The van der Waals surface area contributed by atoms with Crippen LogP contribution in [0.3, 0.4) is 0 Å². The molecule has 0 bridgehead atoms. The highest BCUT2D eigenvalue weighted by atomic mass is 16.2. The van der Waals surface area contributed by atoms with E-state index in [0.29, 0.717) is 0 Å². The van der Waals surface area contributed by atoms with Crippen molar-refractivity contribution in [3.8, 4) is 0 Å². The van der Waals surface area contributed by atoms with E-state index < -0.39 is 11.5 Å². The average molecular weight is 288 g/mol. The molecule has 1 saturated carbocycles. The summed E-state index contributed by atoms with van der Waals surface area (Å²) in [4.78, 5) is 28.4. The molecule has 0 aromatic carbocycles. The normalized spacial score (nSPS) is 26.0. The number of nitrogens with zero attached hydrogens (tertiary/aromatic N) is 1. The molecule has 4 nitrogen and oxygen atoms in total. The standard InChI is InChI=1S/C17H24N2O2/c1-11(20)14(16(2,3)4)19-15(21)17(5)10-13(17)12-6-8-18-9-7-12/h6-9,13-14H,10H2,1-5H3,(H,19,21)/t13?,14-,17?/m1/s1. The first-order chi connectivity index (χ1) is 9.66. The van der Waals surface area contributed by atoms with Gasteiger partial charge in [0.1, 0.15) is 0 Å². The van der Waals surface area contributed by atoms with E-state index in [-0.39, 0.29) is 23.0 Å². The van der Waals surface area contributed by atoms with E-state index in [1.54, 1.807) is 12.4 Å². The van der Waals surface area contributed by atoms with Crippen molar-refractivity contribution in [1.29, 1.82) is 0 Å². The Bertz CT molecular complexity index is 548. The minimum Gasteiger partial charge on any atom is -0.345 e. The van der Waals surface area contributed by atoms with Gasteiger partial charge in [0.05, 0.1) is 11.5 Å². The number of Topliss-reactive ketones (excluding diaryl/α,β-unsaturated/α-hetero) is 1. The van der Waals surface area contributed by atoms with Crippen LogP contribution in [-0.4, -0.2) is 22.7 Å². The van der Waals surface area contributed by atoms with Crippen molar-refractivity contribution in [1.82, 2.24) is 10.3 Å². The molecule has 0 aliphatic heterocycles. The number of hydrogen-bond acceptors (Lipinski definition) is 3. The summed E-state index contributed by atoms with van der Waals surface area (Å²) in [5.41, 5.74) is 0.442. The van der Waals surface area contributed by atoms with Crippen LogP contribution in [-0.2, 0) is 9.59 Å². The summed E-state index contributed by atoms with van der Waals surface area (Å²) in [5.74, 6) is 0.188. The molecule has 2 unspecified atom stereocenters. The van der Waals surface area contributed by atoms with Gasteiger partial charge in [-0.2, -0.15) is 0 Å². The number of nitrogens with one attached hydrogen (secondary N) is 1. The van der Waals surface area contributed by atoms with E-state index in [1.807, 2.05) is 39.8 Å². The maximum atomic E-state index is 12.6. The van der Waals surface area contributed by atoms with Crippen LogP contribution >= 0.6 is 0 Å². The van der Waals surface area contributed by atoms with Gasteiger partial charge in [0.2, 0.25) is 5.91 Å². The van der Waals surface area contributed by atoms with E-state index >= 15 is 0 Å². The van der Waals surface area contributed by atoms with Crippen molar-refractivity contribution < 1.29 is 9.59 Å². The minimum atomic E-state index is -0.444. The molecule has 1 aromatic rings. The van der Waals surface area contributed by atoms with Crippen molar-refractivity contribution in [3.05, 3.63) is 30.1 Å². The Morgan fingerprint density at radius 1 is 1.33 bits per heavy atom. The van der Waals surface area contributed by atoms with Crippen LogP contribution < -0.4 is 5.32 Å². The lowest BCUT2D eigenvalue weighted by molar-refractivity contribution is -0.132. The zero-order chi connectivity index (χ0) is 15.8. The molecule has 1 fully saturated rings. The summed E-state index contributed by atoms with van der Waals surface area (Å²) in [7, 11) is 0. The van der Waals surface area contributed by atoms with E-state index in [1.165, 1.54) is 6.92 Å². The van der Waals surface area contributed by atoms with Gasteiger partial charge in [-0.05, 0) is 42.4 Å². The molecule has 1 N–H and O–H groups in total. The molecule has 3 atom stereocenters. The predicted molar refractivity (Wildman–Crippen MR) is 81.8 cm³/mol. The highest BCUT2D eigenvalue weighted by molar-refractivity contribution is 5.92. The molecule has 0 radical (unpaired) electrons. The van der Waals surface area contributed by atoms with Crippen molar-refractivity contribution >= 4 is 11.7 Å². The van der Waals surface area contributed by atoms with E-state index in [0.717, 1.165) is 12.0 Å². The molecule has 1 amide bonds. The Kier molecular flexibility index (Phi) is 3.91. The van der Waals surface area contributed by atoms with Gasteiger partial charge in [-0.15, -0.1) is 0 Å². The maximum Gasteiger partial charge on any atom is 0.227 e. The number of pyridine rings is 1. The number of rotatable bonds is 4. The van der Waals surface area contributed by atoms with Crippen molar-refractivity contribution in [3.63, 3.8) is 0 Å². The Balaban J connectivity index is 2.10. The van der Waals surface area contributed by atoms with Crippen molar-refractivity contribution in [2.75, 3.05) is 0 Å². The summed E-state index contributed by atoms with van der Waals surface area (Å²) >= 11 is 0. The van der Waals surface area contributed by atoms with Gasteiger partial charge in [-0.25, -0.2) is 0 Å². The Hall–Kier alpha value is -1.71. The molecule has 1 aliphatic carbocycles. The average Bonchev–Trinajstić information content (AvgIpc) is 3.09. The fourth-order valence-corrected chi connectivity index (χ4v) is 2.92. The second-order valence-electron chi connectivity index (χ2n) is 7.34. The number of carbonyl (C=O) groups is 2. The van der Waals surface area contributed by atoms with Gasteiger partial charge in [0.15, 0.2) is 5.78 Å². The van der Waals surface area contributed by atoms with Crippen LogP contribution in [0.25, 0.3) is 0 Å². The van der Waals surface area contributed by atoms with Gasteiger partial charge < -0.3 is 5.32 Å². The Morgan fingerprint density at radius 2 is 1.90 bits per heavy atom. The molecule has 21 heavy (non-hydrogen) atoms. The highest BCUT2D eigenvalue weighted by Crippen LogP contribution is 2.59. The van der Waals surface area contributed by atoms with Gasteiger partial charge in [-0.1, -0.05) is 27.7 Å². The third-order valence-corrected chi connectivity index (χ3v) is 4.41. The maximum absolute atomic E-state index is 12.6. The quantitative estimate of drug-likeness (QED) is 0.926. The number of aromatic nitrogens is 1. The third kappa shape index (κ3) is 3.14. The van der Waals surface area contributed by atoms with Gasteiger partial charge in [-0.3, -0.25) is 14.6 Å². The largest absolute Gasteiger partial charge is 0.345 e. The Labute approximate surface area is 126 Å². The molecule has 2 rings (SSSR count). The van der Waals surface area contributed by atoms with Gasteiger partial charge >= 0.3 is 0 Å². The van der Waals surface area contributed by atoms with Crippen LogP contribution in [0.4, 0.5) is 0 Å². The SMILES string of the molecule is CC(=O)[C@@H](NC(=O)C1(C)CC1c1ccncc1)C(C)(C)C. The van der Waals surface area contributed by atoms with E-state index in [2.05, 4.69) is 10.3 Å². The lowest BCUT2D eigenvalue weighted by Crippen LogP contribution is -2.50. The summed E-state index contributed by atoms with van der Waals surface area (Å²) < 4.78 is 0. The fourth-order valence-electron chi connectivity index (χ4n) is 2.92. The van der Waals surface area contributed by atoms with Crippen LogP contribution in [0.1, 0.15) is 52.5 Å². The second kappa shape index (κ2) is 5.24. The molecule has 1 heterocycles. The number of hydrogen-bond donors (Lipinski definition) is 1. The first-order valence-electron chi connectivity index (χ1n) is 7.37. The second-order valence-corrected chi connectivity index (χ2v) is 7.34. The zero-order valence-electron chi connectivity index (χ0n) is 13.4. The zero-order valence-corrected chi connectivity index (χ0v) is 13.4. The molecular weight excluding hydrogens is 264 g/mol. The molecule has 1 aliphatic rings. The minimum absolute atomic E-state index is 0.000520. The molecule has 0 spiro atoms. The predicted octanol–water partition coefficient (Wildman–Crippen LogP) is 2.70. The van der Waals surface area contributed by atoms with Gasteiger partial charge in [0.25, 0.3) is 0 Å². The topological polar surface area (TPSA) is 59.1 Å². The van der Waals surface area contributed by atoms with Crippen LogP contribution in [0, 0.1) is 10.8 Å². The van der Waals surface area contributed by atoms with Crippen LogP contribution in [0.15, 0.2) is 24.5 Å². The summed E-state index contributed by atoms with van der Waals surface area (Å²) in [6, 6.07) is 3.46. The molecule has 0 saturated heterocycles. The lowest BCUT2D eigenvalue weighted by Gasteiger charge is -2.30. The monoisotopic (exact) mass is 288 g/mol. The molecule has 4 heteroatoms. The molecule has 1 aromatic heterocycles.